The second-order valence-electron chi connectivity index (χ2n) is 14.8. The minimum absolute atomic E-state index is 0.0224. The zero-order valence-corrected chi connectivity index (χ0v) is 25.7. The van der Waals surface area contributed by atoms with Crippen LogP contribution in [0.4, 0.5) is 0 Å². The Bertz CT molecular complexity index is 1190. The molecule has 1 N–H and O–H groups in total. The molecule has 0 unspecified atom stereocenters. The van der Waals surface area contributed by atoms with Crippen molar-refractivity contribution in [2.24, 2.45) is 50.7 Å². The van der Waals surface area contributed by atoms with E-state index >= 15 is 0 Å². The van der Waals surface area contributed by atoms with Gasteiger partial charge >= 0.3 is 16.4 Å². The molecule has 5 rings (SSSR count). The minimum atomic E-state index is -4.70. The van der Waals surface area contributed by atoms with Crippen LogP contribution in [0.1, 0.15) is 106 Å². The van der Waals surface area contributed by atoms with E-state index in [1.165, 1.54) is 13.5 Å². The number of fused-ring (bicyclic) bond motifs is 2. The second kappa shape index (κ2) is 9.12. The lowest BCUT2D eigenvalue weighted by molar-refractivity contribution is -0.189. The monoisotopic (exact) mass is 564 g/mol. The molecule has 0 bridgehead atoms. The third-order valence-corrected chi connectivity index (χ3v) is 13.8. The molecule has 0 heterocycles. The van der Waals surface area contributed by atoms with Crippen molar-refractivity contribution in [1.29, 1.82) is 0 Å². The summed E-state index contributed by atoms with van der Waals surface area (Å²) in [6.07, 6.45) is 10.2. The van der Waals surface area contributed by atoms with Crippen LogP contribution >= 0.6 is 0 Å². The molecule has 0 radical (unpaired) electrons. The number of hydrogen-bond acceptors (Lipinski definition) is 6. The van der Waals surface area contributed by atoms with E-state index in [0.717, 1.165) is 50.5 Å². The highest BCUT2D eigenvalue weighted by atomic mass is 32.3. The molecule has 39 heavy (non-hydrogen) atoms. The van der Waals surface area contributed by atoms with Crippen molar-refractivity contribution in [2.75, 3.05) is 7.11 Å². The van der Waals surface area contributed by atoms with Crippen LogP contribution < -0.4 is 0 Å². The van der Waals surface area contributed by atoms with Gasteiger partial charge in [-0.3, -0.25) is 14.1 Å². The van der Waals surface area contributed by atoms with Gasteiger partial charge < -0.3 is 4.74 Å². The molecule has 0 amide bonds. The van der Waals surface area contributed by atoms with Gasteiger partial charge in [-0.15, -0.1) is 0 Å². The van der Waals surface area contributed by atoms with E-state index in [1.807, 2.05) is 13.8 Å². The van der Waals surface area contributed by atoms with Crippen LogP contribution in [0.15, 0.2) is 11.6 Å². The smallest absolute Gasteiger partial charge is 0.397 e. The molecule has 0 aromatic carbocycles. The molecule has 5 fully saturated rings. The summed E-state index contributed by atoms with van der Waals surface area (Å²) in [5.41, 5.74) is 0.393. The molecule has 2 spiro atoms. The van der Waals surface area contributed by atoms with Gasteiger partial charge in [0.05, 0.1) is 18.6 Å². The Morgan fingerprint density at radius 1 is 0.949 bits per heavy atom. The molecule has 8 heteroatoms. The first-order valence-corrected chi connectivity index (χ1v) is 16.3. The second-order valence-corrected chi connectivity index (χ2v) is 15.9. The van der Waals surface area contributed by atoms with Crippen LogP contribution in [0.3, 0.4) is 0 Å². The average Bonchev–Trinajstić information content (AvgIpc) is 3.41. The van der Waals surface area contributed by atoms with Crippen LogP contribution in [0.2, 0.25) is 0 Å². The van der Waals surface area contributed by atoms with Gasteiger partial charge in [-0.25, -0.2) is 4.18 Å². The number of carbonyl (C=O) groups excluding carboxylic acids is 2. The van der Waals surface area contributed by atoms with Crippen molar-refractivity contribution in [3.05, 3.63) is 11.6 Å². The Kier molecular flexibility index (Phi) is 6.84. The van der Waals surface area contributed by atoms with E-state index in [2.05, 4.69) is 20.8 Å². The van der Waals surface area contributed by atoms with Gasteiger partial charge in [0.25, 0.3) is 0 Å². The van der Waals surface area contributed by atoms with E-state index in [9.17, 15) is 22.6 Å². The predicted octanol–water partition coefficient (Wildman–Crippen LogP) is 6.33. The van der Waals surface area contributed by atoms with Gasteiger partial charge in [0.2, 0.25) is 0 Å². The molecule has 0 aromatic rings. The van der Waals surface area contributed by atoms with Crippen LogP contribution in [-0.4, -0.2) is 37.9 Å². The van der Waals surface area contributed by atoms with Crippen molar-refractivity contribution in [2.45, 2.75) is 112 Å². The van der Waals surface area contributed by atoms with Gasteiger partial charge in [0, 0.05) is 6.42 Å². The number of esters is 1. The van der Waals surface area contributed by atoms with E-state index in [-0.39, 0.29) is 33.4 Å². The highest BCUT2D eigenvalue weighted by Crippen LogP contribution is 2.89. The highest BCUT2D eigenvalue weighted by Gasteiger charge is 2.83. The van der Waals surface area contributed by atoms with Gasteiger partial charge in [-0.1, -0.05) is 26.3 Å². The molecular formula is C31H48O7S. The molecule has 5 aliphatic rings. The molecule has 220 valence electrons. The van der Waals surface area contributed by atoms with Gasteiger partial charge in [0.1, 0.15) is 0 Å². The zero-order valence-electron chi connectivity index (χ0n) is 24.8. The van der Waals surface area contributed by atoms with Crippen molar-refractivity contribution >= 4 is 22.2 Å². The molecule has 0 aromatic heterocycles. The van der Waals surface area contributed by atoms with Gasteiger partial charge in [0.15, 0.2) is 5.78 Å². The van der Waals surface area contributed by atoms with Crippen molar-refractivity contribution in [3.8, 4) is 0 Å². The largest absolute Gasteiger partial charge is 0.469 e. The van der Waals surface area contributed by atoms with Crippen LogP contribution in [0.5, 0.6) is 0 Å². The molecule has 7 nitrogen and oxygen atoms in total. The fourth-order valence-corrected chi connectivity index (χ4v) is 12.2. The Hall–Kier alpha value is -1.25. The molecule has 10 atom stereocenters. The molecule has 0 saturated heterocycles. The summed E-state index contributed by atoms with van der Waals surface area (Å²) in [5.74, 6) is 1.16. The van der Waals surface area contributed by atoms with Crippen LogP contribution in [-0.2, 0) is 28.9 Å². The quantitative estimate of drug-likeness (QED) is 0.219. The normalized spacial score (nSPS) is 47.1. The van der Waals surface area contributed by atoms with Gasteiger partial charge in [-0.2, -0.15) is 8.42 Å². The summed E-state index contributed by atoms with van der Waals surface area (Å²) in [6.45, 7) is 13.0. The third-order valence-electron chi connectivity index (χ3n) is 13.3. The number of hydrogen-bond donors (Lipinski definition) is 1. The van der Waals surface area contributed by atoms with Gasteiger partial charge in [-0.05, 0) is 130 Å². The van der Waals surface area contributed by atoms with Crippen LogP contribution in [0.25, 0.3) is 0 Å². The zero-order chi connectivity index (χ0) is 28.8. The third kappa shape index (κ3) is 3.97. The molecule has 0 aliphatic heterocycles. The highest BCUT2D eigenvalue weighted by molar-refractivity contribution is 7.80. The van der Waals surface area contributed by atoms with E-state index in [1.54, 1.807) is 13.0 Å². The van der Waals surface area contributed by atoms with E-state index in [4.69, 9.17) is 8.92 Å². The first kappa shape index (κ1) is 29.2. The summed E-state index contributed by atoms with van der Waals surface area (Å²) in [6, 6.07) is 0. The summed E-state index contributed by atoms with van der Waals surface area (Å²) in [7, 11) is -3.35. The first-order valence-electron chi connectivity index (χ1n) is 14.9. The minimum Gasteiger partial charge on any atom is -0.469 e. The topological polar surface area (TPSA) is 107 Å². The summed E-state index contributed by atoms with van der Waals surface area (Å²) >= 11 is 0. The van der Waals surface area contributed by atoms with E-state index in [0.29, 0.717) is 30.6 Å². The van der Waals surface area contributed by atoms with Crippen molar-refractivity contribution < 1.29 is 31.5 Å². The Balaban J connectivity index is 1.44. The maximum absolute atomic E-state index is 13.3. The Morgan fingerprint density at radius 3 is 2.21 bits per heavy atom. The number of rotatable bonds is 7. The number of methoxy groups -OCH3 is 1. The first-order chi connectivity index (χ1) is 18.0. The maximum Gasteiger partial charge on any atom is 0.397 e. The molecule has 5 aliphatic carbocycles. The number of carbonyl (C=O) groups is 2. The summed E-state index contributed by atoms with van der Waals surface area (Å²) in [4.78, 5) is 26.0. The summed E-state index contributed by atoms with van der Waals surface area (Å²) < 4.78 is 43.4. The molecular weight excluding hydrogens is 516 g/mol. The standard InChI is InChI=1S/C31H48O7S/c1-19(2)16-21(32)17-20(3)22-10-12-28(5)23-8-9-24-29(6,26(33)37-7)25(38-39(34,35)36)11-13-30(24)18-31(23,30)15-14-27(22,28)4/h16,20,22-25H,8-15,17-18H2,1-7H3,(H,34,35,36)/t20-,22-,23+,24+,25+,27-,28+,29+,30-,31+/m1/s1. The SMILES string of the molecule is COC(=O)[C@]1(C)[C@@H](OS(=O)(=O)O)CC[C@]23C[C@]24CC[C@]2(C)[C@@H]([C@H](C)CC(=O)C=C(C)C)CC[C@@]2(C)[C@@H]4CC[C@@H]13. The van der Waals surface area contributed by atoms with Crippen LogP contribution in [0, 0.1) is 50.7 Å². The van der Waals surface area contributed by atoms with E-state index < -0.39 is 27.9 Å². The Labute approximate surface area is 234 Å². The number of ketones is 1. The number of ether oxygens (including phenoxy) is 1. The average molecular weight is 565 g/mol. The number of allylic oxidation sites excluding steroid dienone is 2. The lowest BCUT2D eigenvalue weighted by Crippen LogP contribution is -2.60. The van der Waals surface area contributed by atoms with Crippen molar-refractivity contribution in [3.63, 3.8) is 0 Å². The van der Waals surface area contributed by atoms with Crippen molar-refractivity contribution in [1.82, 2.24) is 0 Å². The maximum atomic E-state index is 13.3. The fraction of sp³-hybridized carbons (Fsp3) is 0.871. The molecule has 5 saturated carbocycles. The summed E-state index contributed by atoms with van der Waals surface area (Å²) in [5, 5.41) is 0. The fourth-order valence-electron chi connectivity index (χ4n) is 11.6. The lowest BCUT2D eigenvalue weighted by atomic mass is 9.41. The lowest BCUT2D eigenvalue weighted by Gasteiger charge is -2.63. The predicted molar refractivity (Wildman–Crippen MR) is 148 cm³/mol. The Morgan fingerprint density at radius 2 is 1.59 bits per heavy atom.